The largest absolute Gasteiger partial charge is 0.494 e. The highest BCUT2D eigenvalue weighted by Crippen LogP contribution is 2.29. The molecule has 0 aliphatic heterocycles. The Hall–Kier alpha value is -2.66. The van der Waals surface area contributed by atoms with Crippen molar-refractivity contribution in [2.75, 3.05) is 0 Å². The van der Waals surface area contributed by atoms with E-state index in [0.29, 0.717) is 21.5 Å². The molecule has 3 rings (SSSR count). The molecule has 0 bridgehead atoms. The van der Waals surface area contributed by atoms with Gasteiger partial charge in [-0.05, 0) is 30.3 Å². The average Bonchev–Trinajstić information content (AvgIpc) is 2.54. The molecule has 22 heavy (non-hydrogen) atoms. The third-order valence-corrected chi connectivity index (χ3v) is 3.59. The quantitative estimate of drug-likeness (QED) is 0.716. The lowest BCUT2D eigenvalue weighted by Gasteiger charge is -2.08. The van der Waals surface area contributed by atoms with Crippen molar-refractivity contribution in [1.29, 1.82) is 0 Å². The summed E-state index contributed by atoms with van der Waals surface area (Å²) in [5, 5.41) is 19.9. The van der Waals surface area contributed by atoms with E-state index in [2.05, 4.69) is 10.2 Å². The zero-order valence-electron chi connectivity index (χ0n) is 11.7. The molecule has 1 aromatic heterocycles. The van der Waals surface area contributed by atoms with Gasteiger partial charge in [-0.2, -0.15) is 5.11 Å². The monoisotopic (exact) mass is 313 g/mol. The minimum absolute atomic E-state index is 0.0916. The van der Waals surface area contributed by atoms with Gasteiger partial charge in [-0.25, -0.2) is 0 Å². The molecule has 0 spiro atoms. The molecule has 0 radical (unpaired) electrons. The predicted octanol–water partition coefficient (Wildman–Crippen LogP) is 4.31. The predicted molar refractivity (Wildman–Crippen MR) is 86.5 cm³/mol. The number of rotatable bonds is 2. The van der Waals surface area contributed by atoms with E-state index < -0.39 is 5.56 Å². The maximum Gasteiger partial charge on any atom is 0.281 e. The molecule has 0 saturated heterocycles. The van der Waals surface area contributed by atoms with Crippen molar-refractivity contribution < 1.29 is 5.11 Å². The van der Waals surface area contributed by atoms with Crippen LogP contribution in [0.5, 0.6) is 5.88 Å². The minimum Gasteiger partial charge on any atom is -0.494 e. The minimum atomic E-state index is -0.408. The van der Waals surface area contributed by atoms with E-state index in [4.69, 9.17) is 11.6 Å². The summed E-state index contributed by atoms with van der Waals surface area (Å²) in [5.41, 5.74) is 0.364. The van der Waals surface area contributed by atoms with Crippen LogP contribution in [-0.2, 0) is 7.05 Å². The second kappa shape index (κ2) is 5.61. The van der Waals surface area contributed by atoms with Crippen molar-refractivity contribution in [3.8, 4) is 5.88 Å². The van der Waals surface area contributed by atoms with E-state index in [-0.39, 0.29) is 11.6 Å². The lowest BCUT2D eigenvalue weighted by molar-refractivity contribution is 0.431. The number of fused-ring (bicyclic) bond motifs is 1. The number of halogens is 1. The van der Waals surface area contributed by atoms with Gasteiger partial charge in [-0.1, -0.05) is 29.8 Å². The fourth-order valence-electron chi connectivity index (χ4n) is 2.15. The normalized spacial score (nSPS) is 11.4. The topological polar surface area (TPSA) is 66.9 Å². The van der Waals surface area contributed by atoms with Crippen LogP contribution in [0.25, 0.3) is 10.8 Å². The van der Waals surface area contributed by atoms with Crippen molar-refractivity contribution in [1.82, 2.24) is 4.57 Å². The molecule has 5 nitrogen and oxygen atoms in total. The number of aromatic nitrogens is 1. The number of nitrogens with zero attached hydrogens (tertiary/aromatic N) is 3. The lowest BCUT2D eigenvalue weighted by Crippen LogP contribution is -2.16. The van der Waals surface area contributed by atoms with Gasteiger partial charge in [0.2, 0.25) is 5.88 Å². The Kier molecular flexibility index (Phi) is 3.65. The Morgan fingerprint density at radius 1 is 1.00 bits per heavy atom. The Labute approximate surface area is 131 Å². The van der Waals surface area contributed by atoms with Crippen molar-refractivity contribution in [2.45, 2.75) is 0 Å². The van der Waals surface area contributed by atoms with Crippen molar-refractivity contribution in [2.24, 2.45) is 17.3 Å². The number of azo groups is 1. The Bertz CT molecular complexity index is 931. The molecule has 0 fully saturated rings. The van der Waals surface area contributed by atoms with Gasteiger partial charge in [0.1, 0.15) is 0 Å². The van der Waals surface area contributed by atoms with Gasteiger partial charge in [-0.15, -0.1) is 5.11 Å². The van der Waals surface area contributed by atoms with Gasteiger partial charge in [0.05, 0.1) is 5.69 Å². The first-order valence-corrected chi connectivity index (χ1v) is 6.94. The van der Waals surface area contributed by atoms with E-state index >= 15 is 0 Å². The summed E-state index contributed by atoms with van der Waals surface area (Å²) in [5.74, 6) is -0.0916. The molecule has 0 atom stereocenters. The average molecular weight is 314 g/mol. The van der Waals surface area contributed by atoms with Gasteiger partial charge < -0.3 is 5.11 Å². The molecular formula is C16H12ClN3O2. The molecule has 0 saturated carbocycles. The molecular weight excluding hydrogens is 302 g/mol. The fourth-order valence-corrected chi connectivity index (χ4v) is 2.27. The van der Waals surface area contributed by atoms with Crippen LogP contribution >= 0.6 is 11.6 Å². The number of pyridine rings is 1. The SMILES string of the molecule is Cn1c(O)c2ccccc2c(N=Nc2ccc(Cl)cc2)c1=O. The zero-order valence-corrected chi connectivity index (χ0v) is 12.4. The summed E-state index contributed by atoms with van der Waals surface area (Å²) in [7, 11) is 1.49. The van der Waals surface area contributed by atoms with E-state index in [9.17, 15) is 9.90 Å². The fraction of sp³-hybridized carbons (Fsp3) is 0.0625. The second-order valence-corrected chi connectivity index (χ2v) is 5.19. The van der Waals surface area contributed by atoms with Crippen molar-refractivity contribution in [3.63, 3.8) is 0 Å². The van der Waals surface area contributed by atoms with E-state index in [1.807, 2.05) is 0 Å². The number of benzene rings is 2. The van der Waals surface area contributed by atoms with E-state index in [1.54, 1.807) is 48.5 Å². The first kappa shape index (κ1) is 14.3. The van der Waals surface area contributed by atoms with Gasteiger partial charge in [0.15, 0.2) is 5.69 Å². The maximum atomic E-state index is 12.3. The summed E-state index contributed by atoms with van der Waals surface area (Å²) in [6.45, 7) is 0. The van der Waals surface area contributed by atoms with Crippen molar-refractivity contribution >= 4 is 33.7 Å². The summed E-state index contributed by atoms with van der Waals surface area (Å²) in [6, 6.07) is 13.8. The third-order valence-electron chi connectivity index (χ3n) is 3.34. The Balaban J connectivity index is 2.18. The van der Waals surface area contributed by atoms with E-state index in [1.165, 1.54) is 7.05 Å². The summed E-state index contributed by atoms with van der Waals surface area (Å²) < 4.78 is 1.15. The highest BCUT2D eigenvalue weighted by atomic mass is 35.5. The highest BCUT2D eigenvalue weighted by molar-refractivity contribution is 6.30. The van der Waals surface area contributed by atoms with Crippen LogP contribution in [0.15, 0.2) is 63.6 Å². The van der Waals surface area contributed by atoms with Crippen LogP contribution in [0, 0.1) is 0 Å². The molecule has 6 heteroatoms. The van der Waals surface area contributed by atoms with Crippen LogP contribution in [0.3, 0.4) is 0 Å². The smallest absolute Gasteiger partial charge is 0.281 e. The standard InChI is InChI=1S/C16H12ClN3O2/c1-20-15(21)13-5-3-2-4-12(13)14(16(20)22)19-18-11-8-6-10(17)7-9-11/h2-9,21H,1H3. The number of aromatic hydroxyl groups is 1. The highest BCUT2D eigenvalue weighted by Gasteiger charge is 2.13. The first-order chi connectivity index (χ1) is 10.6. The van der Waals surface area contributed by atoms with Gasteiger partial charge in [-0.3, -0.25) is 9.36 Å². The van der Waals surface area contributed by atoms with Crippen LogP contribution in [0.4, 0.5) is 11.4 Å². The van der Waals surface area contributed by atoms with Crippen LogP contribution in [0.2, 0.25) is 5.02 Å². The maximum absolute atomic E-state index is 12.3. The number of hydrogen-bond donors (Lipinski definition) is 1. The Morgan fingerprint density at radius 3 is 2.32 bits per heavy atom. The molecule has 0 amide bonds. The second-order valence-electron chi connectivity index (χ2n) is 4.76. The Morgan fingerprint density at radius 2 is 1.64 bits per heavy atom. The molecule has 1 N–H and O–H groups in total. The van der Waals surface area contributed by atoms with Gasteiger partial charge in [0.25, 0.3) is 5.56 Å². The van der Waals surface area contributed by atoms with Crippen LogP contribution in [0.1, 0.15) is 0 Å². The molecule has 2 aromatic carbocycles. The molecule has 3 aromatic rings. The summed E-state index contributed by atoms with van der Waals surface area (Å²) >= 11 is 5.82. The van der Waals surface area contributed by atoms with E-state index in [0.717, 1.165) is 4.57 Å². The summed E-state index contributed by atoms with van der Waals surface area (Å²) in [4.78, 5) is 12.3. The van der Waals surface area contributed by atoms with Crippen LogP contribution < -0.4 is 5.56 Å². The summed E-state index contributed by atoms with van der Waals surface area (Å²) in [6.07, 6.45) is 0. The molecule has 0 aliphatic rings. The first-order valence-electron chi connectivity index (χ1n) is 6.56. The van der Waals surface area contributed by atoms with Crippen LogP contribution in [-0.4, -0.2) is 9.67 Å². The molecule has 1 heterocycles. The zero-order chi connectivity index (χ0) is 15.7. The molecule has 0 unspecified atom stereocenters. The number of hydrogen-bond acceptors (Lipinski definition) is 4. The van der Waals surface area contributed by atoms with Gasteiger partial charge in [0, 0.05) is 22.8 Å². The lowest BCUT2D eigenvalue weighted by atomic mass is 10.1. The molecule has 110 valence electrons. The van der Waals surface area contributed by atoms with Crippen molar-refractivity contribution in [3.05, 3.63) is 63.9 Å². The third kappa shape index (κ3) is 2.46. The van der Waals surface area contributed by atoms with Gasteiger partial charge >= 0.3 is 0 Å². The molecule has 0 aliphatic carbocycles.